The second-order valence-corrected chi connectivity index (χ2v) is 3.59. The summed E-state index contributed by atoms with van der Waals surface area (Å²) in [6.07, 6.45) is 0. The van der Waals surface area contributed by atoms with E-state index in [1.165, 1.54) is 26.4 Å². The molecule has 2 aromatic rings. The Balaban J connectivity index is 2.58. The average Bonchev–Trinajstić information content (AvgIpc) is 2.40. The zero-order valence-corrected chi connectivity index (χ0v) is 10.3. The summed E-state index contributed by atoms with van der Waals surface area (Å²) in [4.78, 5) is 12.0. The molecular formula is C12H12FN3O2. The van der Waals surface area contributed by atoms with Crippen LogP contribution in [0.3, 0.4) is 0 Å². The molecule has 0 spiro atoms. The van der Waals surface area contributed by atoms with Crippen molar-refractivity contribution in [2.24, 2.45) is 0 Å². The van der Waals surface area contributed by atoms with Crippen LogP contribution in [0.1, 0.15) is 5.56 Å². The fourth-order valence-corrected chi connectivity index (χ4v) is 1.48. The van der Waals surface area contributed by atoms with Gasteiger partial charge in [-0.05, 0) is 24.6 Å². The highest BCUT2D eigenvalue weighted by atomic mass is 19.1. The summed E-state index contributed by atoms with van der Waals surface area (Å²) in [7, 11) is 2.88. The number of benzene rings is 1. The van der Waals surface area contributed by atoms with Crippen molar-refractivity contribution in [3.63, 3.8) is 0 Å². The summed E-state index contributed by atoms with van der Waals surface area (Å²) in [5.41, 5.74) is 1.43. The number of aryl methyl sites for hydroxylation is 1. The van der Waals surface area contributed by atoms with Crippen LogP contribution in [0.4, 0.5) is 4.39 Å². The van der Waals surface area contributed by atoms with E-state index in [4.69, 9.17) is 9.47 Å². The third kappa shape index (κ3) is 2.37. The van der Waals surface area contributed by atoms with Crippen LogP contribution in [-0.2, 0) is 0 Å². The molecule has 1 aromatic carbocycles. The van der Waals surface area contributed by atoms with Gasteiger partial charge in [-0.2, -0.15) is 9.97 Å². The number of halogens is 1. The number of ether oxygens (including phenoxy) is 2. The number of methoxy groups -OCH3 is 2. The lowest BCUT2D eigenvalue weighted by Gasteiger charge is -2.07. The molecule has 0 amide bonds. The predicted molar refractivity (Wildman–Crippen MR) is 63.1 cm³/mol. The summed E-state index contributed by atoms with van der Waals surface area (Å²) >= 11 is 0. The van der Waals surface area contributed by atoms with E-state index in [0.717, 1.165) is 5.56 Å². The minimum atomic E-state index is -0.353. The van der Waals surface area contributed by atoms with Crippen molar-refractivity contribution in [1.82, 2.24) is 15.0 Å². The van der Waals surface area contributed by atoms with Gasteiger partial charge < -0.3 is 9.47 Å². The summed E-state index contributed by atoms with van der Waals surface area (Å²) < 4.78 is 23.2. The third-order valence-electron chi connectivity index (χ3n) is 2.40. The van der Waals surface area contributed by atoms with Gasteiger partial charge in [-0.15, -0.1) is 4.98 Å². The Bertz CT molecular complexity index is 553. The van der Waals surface area contributed by atoms with Gasteiger partial charge >= 0.3 is 12.0 Å². The minimum absolute atomic E-state index is 0.125. The fraction of sp³-hybridized carbons (Fsp3) is 0.250. The molecule has 0 radical (unpaired) electrons. The Kier molecular flexibility index (Phi) is 3.36. The van der Waals surface area contributed by atoms with E-state index in [0.29, 0.717) is 11.4 Å². The summed E-state index contributed by atoms with van der Waals surface area (Å²) in [6, 6.07) is 4.66. The maximum absolute atomic E-state index is 13.3. The van der Waals surface area contributed by atoms with Gasteiger partial charge in [0.2, 0.25) is 0 Å². The van der Waals surface area contributed by atoms with Crippen LogP contribution in [-0.4, -0.2) is 29.2 Å². The van der Waals surface area contributed by atoms with Crippen LogP contribution < -0.4 is 9.47 Å². The van der Waals surface area contributed by atoms with Crippen molar-refractivity contribution in [3.8, 4) is 23.4 Å². The van der Waals surface area contributed by atoms with Gasteiger partial charge in [-0.3, -0.25) is 0 Å². The standard InChI is InChI=1S/C12H12FN3O2/c1-7-4-5-8(13)6-9(7)10-14-11(17-2)16-12(15-10)18-3/h4-6H,1-3H3. The monoisotopic (exact) mass is 249 g/mol. The highest BCUT2D eigenvalue weighted by Crippen LogP contribution is 2.23. The van der Waals surface area contributed by atoms with Crippen molar-refractivity contribution in [3.05, 3.63) is 29.6 Å². The van der Waals surface area contributed by atoms with Crippen LogP contribution in [0.2, 0.25) is 0 Å². The van der Waals surface area contributed by atoms with Gasteiger partial charge in [0.15, 0.2) is 5.82 Å². The topological polar surface area (TPSA) is 57.1 Å². The van der Waals surface area contributed by atoms with Crippen LogP contribution in [0.15, 0.2) is 18.2 Å². The fourth-order valence-electron chi connectivity index (χ4n) is 1.48. The van der Waals surface area contributed by atoms with E-state index < -0.39 is 0 Å². The average molecular weight is 249 g/mol. The van der Waals surface area contributed by atoms with Crippen molar-refractivity contribution < 1.29 is 13.9 Å². The first-order valence-electron chi connectivity index (χ1n) is 5.24. The molecule has 6 heteroatoms. The molecule has 0 saturated heterocycles. The molecule has 0 saturated carbocycles. The maximum atomic E-state index is 13.3. The number of aromatic nitrogens is 3. The summed E-state index contributed by atoms with van der Waals surface area (Å²) in [5, 5.41) is 0. The molecule has 0 aliphatic heterocycles. The van der Waals surface area contributed by atoms with E-state index in [-0.39, 0.29) is 17.8 Å². The lowest BCUT2D eigenvalue weighted by Crippen LogP contribution is -2.01. The molecule has 0 fully saturated rings. The lowest BCUT2D eigenvalue weighted by molar-refractivity contribution is 0.341. The second kappa shape index (κ2) is 4.95. The van der Waals surface area contributed by atoms with Crippen molar-refractivity contribution in [1.29, 1.82) is 0 Å². The van der Waals surface area contributed by atoms with Crippen LogP contribution >= 0.6 is 0 Å². The maximum Gasteiger partial charge on any atom is 0.322 e. The predicted octanol–water partition coefficient (Wildman–Crippen LogP) is 2.00. The second-order valence-electron chi connectivity index (χ2n) is 3.59. The highest BCUT2D eigenvalue weighted by Gasteiger charge is 2.12. The largest absolute Gasteiger partial charge is 0.467 e. The van der Waals surface area contributed by atoms with Gasteiger partial charge in [0.25, 0.3) is 0 Å². The third-order valence-corrected chi connectivity index (χ3v) is 2.40. The molecule has 0 atom stereocenters. The van der Waals surface area contributed by atoms with E-state index in [1.54, 1.807) is 6.07 Å². The van der Waals surface area contributed by atoms with Crippen molar-refractivity contribution in [2.75, 3.05) is 14.2 Å². The SMILES string of the molecule is COc1nc(OC)nc(-c2cc(F)ccc2C)n1. The highest BCUT2D eigenvalue weighted by molar-refractivity contribution is 5.60. The molecule has 0 N–H and O–H groups in total. The van der Waals surface area contributed by atoms with Gasteiger partial charge in [0.05, 0.1) is 14.2 Å². The van der Waals surface area contributed by atoms with E-state index in [1.807, 2.05) is 6.92 Å². The Hall–Kier alpha value is -2.24. The first-order chi connectivity index (χ1) is 8.63. The molecule has 0 aliphatic carbocycles. The molecule has 2 rings (SSSR count). The molecule has 1 heterocycles. The molecule has 0 aliphatic rings. The first-order valence-corrected chi connectivity index (χ1v) is 5.24. The van der Waals surface area contributed by atoms with Crippen molar-refractivity contribution in [2.45, 2.75) is 6.92 Å². The zero-order valence-electron chi connectivity index (χ0n) is 10.3. The smallest absolute Gasteiger partial charge is 0.322 e. The number of rotatable bonds is 3. The zero-order chi connectivity index (χ0) is 13.1. The van der Waals surface area contributed by atoms with Crippen LogP contribution in [0.5, 0.6) is 12.0 Å². The molecular weight excluding hydrogens is 237 g/mol. The molecule has 5 nitrogen and oxygen atoms in total. The van der Waals surface area contributed by atoms with Gasteiger partial charge in [0, 0.05) is 5.56 Å². The Morgan fingerprint density at radius 3 is 2.17 bits per heavy atom. The molecule has 18 heavy (non-hydrogen) atoms. The molecule has 0 bridgehead atoms. The van der Waals surface area contributed by atoms with E-state index >= 15 is 0 Å². The minimum Gasteiger partial charge on any atom is -0.467 e. The quantitative estimate of drug-likeness (QED) is 0.832. The number of nitrogens with zero attached hydrogens (tertiary/aromatic N) is 3. The van der Waals surface area contributed by atoms with E-state index in [9.17, 15) is 4.39 Å². The number of hydrogen-bond acceptors (Lipinski definition) is 5. The Morgan fingerprint density at radius 1 is 1.00 bits per heavy atom. The summed E-state index contributed by atoms with van der Waals surface area (Å²) in [6.45, 7) is 1.84. The number of hydrogen-bond donors (Lipinski definition) is 0. The molecule has 94 valence electrons. The lowest BCUT2D eigenvalue weighted by atomic mass is 10.1. The first kappa shape index (κ1) is 12.2. The van der Waals surface area contributed by atoms with Crippen LogP contribution in [0, 0.1) is 12.7 Å². The van der Waals surface area contributed by atoms with E-state index in [2.05, 4.69) is 15.0 Å². The Morgan fingerprint density at radius 2 is 1.61 bits per heavy atom. The van der Waals surface area contributed by atoms with Gasteiger partial charge in [0.1, 0.15) is 5.82 Å². The molecule has 0 unspecified atom stereocenters. The van der Waals surface area contributed by atoms with Crippen LogP contribution in [0.25, 0.3) is 11.4 Å². The van der Waals surface area contributed by atoms with Gasteiger partial charge in [-0.25, -0.2) is 4.39 Å². The normalized spacial score (nSPS) is 10.2. The van der Waals surface area contributed by atoms with Gasteiger partial charge in [-0.1, -0.05) is 6.07 Å². The molecule has 1 aromatic heterocycles. The Labute approximate surface area is 104 Å². The summed E-state index contributed by atoms with van der Waals surface area (Å²) in [5.74, 6) is -0.0374. The van der Waals surface area contributed by atoms with Crippen molar-refractivity contribution >= 4 is 0 Å².